The van der Waals surface area contributed by atoms with Gasteiger partial charge >= 0.3 is 0 Å². The number of nitrogens with two attached hydrogens (primary N) is 1. The smallest absolute Gasteiger partial charge is 0.165 e. The average Bonchev–Trinajstić information content (AvgIpc) is 2.07. The second-order valence-electron chi connectivity index (χ2n) is 2.57. The average molecular weight is 178 g/mol. The summed E-state index contributed by atoms with van der Waals surface area (Å²) in [6.07, 6.45) is -0.706. The molecule has 0 aliphatic carbocycles. The Labute approximate surface area is 75.8 Å². The third-order valence-electron chi connectivity index (χ3n) is 1.39. The Kier molecular flexibility index (Phi) is 2.67. The summed E-state index contributed by atoms with van der Waals surface area (Å²) in [6, 6.07) is 5.02. The maximum absolute atomic E-state index is 8.97. The molecule has 0 bridgehead atoms. The van der Waals surface area contributed by atoms with Crippen LogP contribution in [-0.2, 0) is 0 Å². The van der Waals surface area contributed by atoms with Gasteiger partial charge in [0.1, 0.15) is 18.1 Å². The van der Waals surface area contributed by atoms with E-state index in [1.807, 2.05) is 6.07 Å². The number of hydrogen-bond acceptors (Lipinski definition) is 5. The molecule has 0 aliphatic heterocycles. The van der Waals surface area contributed by atoms with Crippen LogP contribution in [0.5, 0.6) is 0 Å². The zero-order valence-electron chi connectivity index (χ0n) is 7.15. The van der Waals surface area contributed by atoms with Crippen LogP contribution in [0.3, 0.4) is 0 Å². The molecule has 0 spiro atoms. The Bertz CT molecular complexity index is 342. The predicted molar refractivity (Wildman–Crippen MR) is 48.7 cm³/mol. The SMILES string of the molecule is CC(O)Nc1ccc(N)c(C#N)n1. The fourth-order valence-corrected chi connectivity index (χ4v) is 0.854. The molecule has 0 aliphatic rings. The second-order valence-corrected chi connectivity index (χ2v) is 2.57. The first-order valence-electron chi connectivity index (χ1n) is 3.74. The van der Waals surface area contributed by atoms with E-state index in [2.05, 4.69) is 10.3 Å². The topological polar surface area (TPSA) is 95.0 Å². The molecule has 1 unspecified atom stereocenters. The van der Waals surface area contributed by atoms with Crippen LogP contribution in [0.4, 0.5) is 11.5 Å². The Hall–Kier alpha value is -1.80. The molecule has 68 valence electrons. The molecule has 1 heterocycles. The lowest BCUT2D eigenvalue weighted by molar-refractivity contribution is 0.224. The summed E-state index contributed by atoms with van der Waals surface area (Å²) < 4.78 is 0. The Balaban J connectivity index is 2.95. The van der Waals surface area contributed by atoms with Crippen LogP contribution in [0.15, 0.2) is 12.1 Å². The molecule has 1 rings (SSSR count). The predicted octanol–water partition coefficient (Wildman–Crippen LogP) is 0.286. The molecule has 0 aromatic carbocycles. The Morgan fingerprint density at radius 3 is 2.92 bits per heavy atom. The van der Waals surface area contributed by atoms with E-state index in [0.29, 0.717) is 11.5 Å². The number of nitrogens with zero attached hydrogens (tertiary/aromatic N) is 2. The number of rotatable bonds is 2. The summed E-state index contributed by atoms with van der Waals surface area (Å²) in [6.45, 7) is 1.56. The normalized spacial score (nSPS) is 11.8. The lowest BCUT2D eigenvalue weighted by atomic mass is 10.3. The molecule has 0 saturated carbocycles. The monoisotopic (exact) mass is 178 g/mol. The number of nitrogen functional groups attached to an aromatic ring is 1. The molecule has 1 aromatic heterocycles. The Morgan fingerprint density at radius 2 is 2.38 bits per heavy atom. The maximum Gasteiger partial charge on any atom is 0.165 e. The van der Waals surface area contributed by atoms with E-state index < -0.39 is 6.23 Å². The van der Waals surface area contributed by atoms with Crippen LogP contribution < -0.4 is 11.1 Å². The molecule has 5 nitrogen and oxygen atoms in total. The molecule has 0 saturated heterocycles. The van der Waals surface area contributed by atoms with Crippen molar-refractivity contribution in [2.45, 2.75) is 13.2 Å². The Morgan fingerprint density at radius 1 is 1.69 bits per heavy atom. The van der Waals surface area contributed by atoms with E-state index in [9.17, 15) is 0 Å². The van der Waals surface area contributed by atoms with Crippen LogP contribution >= 0.6 is 0 Å². The van der Waals surface area contributed by atoms with Crippen LogP contribution in [0, 0.1) is 11.3 Å². The quantitative estimate of drug-likeness (QED) is 0.565. The van der Waals surface area contributed by atoms with E-state index in [1.54, 1.807) is 19.1 Å². The number of nitrogens with one attached hydrogen (secondary N) is 1. The minimum Gasteiger partial charge on any atom is -0.396 e. The van der Waals surface area contributed by atoms with Crippen LogP contribution in [0.1, 0.15) is 12.6 Å². The molecular formula is C8H10N4O. The summed E-state index contributed by atoms with van der Waals surface area (Å²) in [4.78, 5) is 3.87. The van der Waals surface area contributed by atoms with Crippen LogP contribution in [-0.4, -0.2) is 16.3 Å². The number of aliphatic hydroxyl groups is 1. The van der Waals surface area contributed by atoms with Gasteiger partial charge in [0.05, 0.1) is 5.69 Å². The van der Waals surface area contributed by atoms with Gasteiger partial charge in [0.25, 0.3) is 0 Å². The minimum absolute atomic E-state index is 0.158. The van der Waals surface area contributed by atoms with Crippen molar-refractivity contribution < 1.29 is 5.11 Å². The number of hydrogen-bond donors (Lipinski definition) is 3. The highest BCUT2D eigenvalue weighted by atomic mass is 16.3. The summed E-state index contributed by atoms with van der Waals surface area (Å²) in [7, 11) is 0. The molecule has 0 amide bonds. The number of nitriles is 1. The molecule has 4 N–H and O–H groups in total. The van der Waals surface area contributed by atoms with E-state index in [1.165, 1.54) is 0 Å². The number of aliphatic hydroxyl groups excluding tert-OH is 1. The number of aromatic nitrogens is 1. The van der Waals surface area contributed by atoms with Gasteiger partial charge in [-0.15, -0.1) is 0 Å². The molecule has 5 heteroatoms. The zero-order chi connectivity index (χ0) is 9.84. The van der Waals surface area contributed by atoms with Gasteiger partial charge < -0.3 is 16.2 Å². The number of pyridine rings is 1. The fraction of sp³-hybridized carbons (Fsp3) is 0.250. The second kappa shape index (κ2) is 3.74. The van der Waals surface area contributed by atoms with Crippen molar-refractivity contribution in [1.82, 2.24) is 4.98 Å². The third kappa shape index (κ3) is 2.32. The van der Waals surface area contributed by atoms with Gasteiger partial charge in [0.15, 0.2) is 5.69 Å². The van der Waals surface area contributed by atoms with E-state index in [4.69, 9.17) is 16.1 Å². The summed E-state index contributed by atoms with van der Waals surface area (Å²) in [5.74, 6) is 0.431. The first-order valence-corrected chi connectivity index (χ1v) is 3.74. The van der Waals surface area contributed by atoms with Gasteiger partial charge in [-0.3, -0.25) is 0 Å². The molecule has 1 atom stereocenters. The molecular weight excluding hydrogens is 168 g/mol. The first kappa shape index (κ1) is 9.29. The van der Waals surface area contributed by atoms with Crippen molar-refractivity contribution in [3.8, 4) is 6.07 Å². The van der Waals surface area contributed by atoms with Crippen LogP contribution in [0.25, 0.3) is 0 Å². The van der Waals surface area contributed by atoms with Crippen molar-refractivity contribution in [3.63, 3.8) is 0 Å². The summed E-state index contributed by atoms with van der Waals surface area (Å²) in [5, 5.41) is 20.2. The molecule has 13 heavy (non-hydrogen) atoms. The molecule has 1 aromatic rings. The van der Waals surface area contributed by atoms with Crippen molar-refractivity contribution in [3.05, 3.63) is 17.8 Å². The molecule has 0 radical (unpaired) electrons. The van der Waals surface area contributed by atoms with Gasteiger partial charge in [-0.05, 0) is 19.1 Å². The van der Waals surface area contributed by atoms with Crippen LogP contribution in [0.2, 0.25) is 0 Å². The van der Waals surface area contributed by atoms with Gasteiger partial charge in [0.2, 0.25) is 0 Å². The van der Waals surface area contributed by atoms with E-state index >= 15 is 0 Å². The highest BCUT2D eigenvalue weighted by Gasteiger charge is 2.02. The highest BCUT2D eigenvalue weighted by molar-refractivity contribution is 5.54. The summed E-state index contributed by atoms with van der Waals surface area (Å²) in [5.41, 5.74) is 5.95. The standard InChI is InChI=1S/C8H10N4O/c1-5(13)11-8-3-2-6(10)7(4-9)12-8/h2-3,5,13H,10H2,1H3,(H,11,12). The van der Waals surface area contributed by atoms with Gasteiger partial charge in [-0.25, -0.2) is 4.98 Å². The van der Waals surface area contributed by atoms with Gasteiger partial charge in [0, 0.05) is 0 Å². The van der Waals surface area contributed by atoms with Crippen molar-refractivity contribution in [2.24, 2.45) is 0 Å². The lowest BCUT2D eigenvalue weighted by Gasteiger charge is -2.08. The highest BCUT2D eigenvalue weighted by Crippen LogP contribution is 2.12. The van der Waals surface area contributed by atoms with Gasteiger partial charge in [-0.1, -0.05) is 0 Å². The van der Waals surface area contributed by atoms with E-state index in [0.717, 1.165) is 0 Å². The van der Waals surface area contributed by atoms with Crippen molar-refractivity contribution >= 4 is 11.5 Å². The minimum atomic E-state index is -0.706. The number of anilines is 2. The fourth-order valence-electron chi connectivity index (χ4n) is 0.854. The van der Waals surface area contributed by atoms with Crippen molar-refractivity contribution in [1.29, 1.82) is 5.26 Å². The largest absolute Gasteiger partial charge is 0.396 e. The lowest BCUT2D eigenvalue weighted by Crippen LogP contribution is -2.14. The van der Waals surface area contributed by atoms with Gasteiger partial charge in [-0.2, -0.15) is 5.26 Å². The first-order chi connectivity index (χ1) is 6.13. The maximum atomic E-state index is 8.97. The molecule has 0 fully saturated rings. The third-order valence-corrected chi connectivity index (χ3v) is 1.39. The van der Waals surface area contributed by atoms with Crippen molar-refractivity contribution in [2.75, 3.05) is 11.1 Å². The summed E-state index contributed by atoms with van der Waals surface area (Å²) >= 11 is 0. The van der Waals surface area contributed by atoms with E-state index in [-0.39, 0.29) is 5.69 Å². The zero-order valence-corrected chi connectivity index (χ0v) is 7.15.